The number of pyridine rings is 1. The third-order valence-corrected chi connectivity index (χ3v) is 7.31. The van der Waals surface area contributed by atoms with E-state index in [0.29, 0.717) is 11.3 Å². The molecule has 0 unspecified atom stereocenters. The number of nitrogens with one attached hydrogen (secondary N) is 1. The molecular formula is C28H22F3N3O3S. The van der Waals surface area contributed by atoms with Gasteiger partial charge in [0.1, 0.15) is 5.82 Å². The van der Waals surface area contributed by atoms with Crippen LogP contribution in [0.4, 0.5) is 18.9 Å². The summed E-state index contributed by atoms with van der Waals surface area (Å²) < 4.78 is 68.7. The third-order valence-electron chi connectivity index (χ3n) is 5.51. The molecule has 0 atom stereocenters. The van der Waals surface area contributed by atoms with Crippen molar-refractivity contribution in [1.29, 1.82) is 0 Å². The molecule has 0 radical (unpaired) electrons. The van der Waals surface area contributed by atoms with Gasteiger partial charge < -0.3 is 5.32 Å². The van der Waals surface area contributed by atoms with Crippen LogP contribution in [0.5, 0.6) is 0 Å². The van der Waals surface area contributed by atoms with Crippen molar-refractivity contribution in [3.05, 3.63) is 131 Å². The van der Waals surface area contributed by atoms with E-state index in [4.69, 9.17) is 0 Å². The third kappa shape index (κ3) is 6.93. The summed E-state index contributed by atoms with van der Waals surface area (Å²) in [6.07, 6.45) is 6.15. The van der Waals surface area contributed by atoms with Crippen molar-refractivity contribution in [3.8, 4) is 0 Å². The lowest BCUT2D eigenvalue weighted by Gasteiger charge is -2.23. The summed E-state index contributed by atoms with van der Waals surface area (Å²) in [6, 6.07) is 17.5. The van der Waals surface area contributed by atoms with E-state index in [1.807, 2.05) is 0 Å². The van der Waals surface area contributed by atoms with E-state index in [2.05, 4.69) is 10.3 Å². The second kappa shape index (κ2) is 11.8. The van der Waals surface area contributed by atoms with Crippen LogP contribution in [0, 0.1) is 17.5 Å². The summed E-state index contributed by atoms with van der Waals surface area (Å²) in [6.45, 7) is -0.394. The molecule has 1 amide bonds. The zero-order chi connectivity index (χ0) is 27.1. The Hall–Kier alpha value is -4.28. The van der Waals surface area contributed by atoms with Gasteiger partial charge in [-0.2, -0.15) is 4.31 Å². The van der Waals surface area contributed by atoms with Crippen LogP contribution < -0.4 is 5.32 Å². The minimum atomic E-state index is -4.13. The SMILES string of the molecule is O=C(/C=C/c1ccncc1)Nc1ccc(S(=O)(=O)N(Cc2ccc(F)cc2)Cc2ccc(F)c(F)c2)cc1. The molecule has 0 spiro atoms. The molecule has 3 aromatic carbocycles. The molecule has 10 heteroatoms. The number of anilines is 1. The highest BCUT2D eigenvalue weighted by atomic mass is 32.2. The average molecular weight is 538 g/mol. The molecule has 1 N–H and O–H groups in total. The lowest BCUT2D eigenvalue weighted by molar-refractivity contribution is -0.111. The lowest BCUT2D eigenvalue weighted by Crippen LogP contribution is -2.30. The fourth-order valence-electron chi connectivity index (χ4n) is 3.55. The molecule has 0 saturated carbocycles. The predicted molar refractivity (Wildman–Crippen MR) is 138 cm³/mol. The van der Waals surface area contributed by atoms with E-state index < -0.39 is 33.4 Å². The second-order valence-corrected chi connectivity index (χ2v) is 10.2. The van der Waals surface area contributed by atoms with Gasteiger partial charge in [-0.05, 0) is 83.4 Å². The standard InChI is InChI=1S/C28H22F3N3O3S/c29-23-5-1-21(2-6-23)18-34(19-22-3-11-26(30)27(31)17-22)38(36,37)25-9-7-24(8-10-25)33-28(35)12-4-20-13-15-32-16-14-20/h1-17H,18-19H2,(H,33,35)/b12-4+. The maximum atomic E-state index is 13.8. The van der Waals surface area contributed by atoms with Crippen molar-refractivity contribution in [2.45, 2.75) is 18.0 Å². The summed E-state index contributed by atoms with van der Waals surface area (Å²) in [5.41, 5.74) is 1.90. The van der Waals surface area contributed by atoms with Gasteiger partial charge in [0.05, 0.1) is 4.90 Å². The number of aromatic nitrogens is 1. The maximum absolute atomic E-state index is 13.8. The summed E-state index contributed by atoms with van der Waals surface area (Å²) in [7, 11) is -4.13. The van der Waals surface area contributed by atoms with Crippen LogP contribution in [0.2, 0.25) is 0 Å². The highest BCUT2D eigenvalue weighted by Gasteiger charge is 2.25. The Labute approximate surface area is 218 Å². The zero-order valence-electron chi connectivity index (χ0n) is 19.9. The summed E-state index contributed by atoms with van der Waals surface area (Å²) in [5, 5.41) is 2.65. The Balaban J connectivity index is 1.54. The number of rotatable bonds is 9. The Morgan fingerprint density at radius 2 is 1.45 bits per heavy atom. The summed E-state index contributed by atoms with van der Waals surface area (Å²) >= 11 is 0. The molecule has 0 aliphatic carbocycles. The van der Waals surface area contributed by atoms with Crippen molar-refractivity contribution in [3.63, 3.8) is 0 Å². The highest BCUT2D eigenvalue weighted by Crippen LogP contribution is 2.24. The number of hydrogen-bond donors (Lipinski definition) is 1. The van der Waals surface area contributed by atoms with E-state index in [1.54, 1.807) is 30.6 Å². The van der Waals surface area contributed by atoms with Crippen LogP contribution in [-0.4, -0.2) is 23.6 Å². The first-order chi connectivity index (χ1) is 18.2. The molecule has 0 aliphatic rings. The van der Waals surface area contributed by atoms with Gasteiger partial charge in [0.2, 0.25) is 15.9 Å². The largest absolute Gasteiger partial charge is 0.323 e. The average Bonchev–Trinajstić information content (AvgIpc) is 2.91. The molecule has 1 heterocycles. The summed E-state index contributed by atoms with van der Waals surface area (Å²) in [4.78, 5) is 16.1. The van der Waals surface area contributed by atoms with Crippen LogP contribution in [0.25, 0.3) is 6.08 Å². The quantitative estimate of drug-likeness (QED) is 0.284. The van der Waals surface area contributed by atoms with Gasteiger partial charge in [-0.15, -0.1) is 0 Å². The monoisotopic (exact) mass is 537 g/mol. The van der Waals surface area contributed by atoms with Gasteiger partial charge >= 0.3 is 0 Å². The molecule has 0 aliphatic heterocycles. The van der Waals surface area contributed by atoms with Crippen molar-refractivity contribution in [1.82, 2.24) is 9.29 Å². The molecule has 194 valence electrons. The number of carbonyl (C=O) groups is 1. The molecule has 0 bridgehead atoms. The van der Waals surface area contributed by atoms with Crippen LogP contribution in [0.1, 0.15) is 16.7 Å². The fraction of sp³-hybridized carbons (Fsp3) is 0.0714. The van der Waals surface area contributed by atoms with Crippen molar-refractivity contribution in [2.75, 3.05) is 5.32 Å². The van der Waals surface area contributed by atoms with Crippen molar-refractivity contribution < 1.29 is 26.4 Å². The van der Waals surface area contributed by atoms with Crippen molar-refractivity contribution >= 4 is 27.7 Å². The first-order valence-electron chi connectivity index (χ1n) is 11.4. The number of nitrogens with zero attached hydrogens (tertiary/aromatic N) is 2. The number of sulfonamides is 1. The van der Waals surface area contributed by atoms with E-state index in [0.717, 1.165) is 22.0 Å². The van der Waals surface area contributed by atoms with Gasteiger partial charge in [0, 0.05) is 37.2 Å². The molecule has 0 fully saturated rings. The number of amides is 1. The Morgan fingerprint density at radius 1 is 0.816 bits per heavy atom. The number of benzene rings is 3. The van der Waals surface area contributed by atoms with Gasteiger partial charge in [-0.3, -0.25) is 9.78 Å². The minimum Gasteiger partial charge on any atom is -0.323 e. The topological polar surface area (TPSA) is 79.4 Å². The maximum Gasteiger partial charge on any atom is 0.248 e. The molecule has 0 saturated heterocycles. The van der Waals surface area contributed by atoms with Gasteiger partial charge in [-0.25, -0.2) is 21.6 Å². The van der Waals surface area contributed by atoms with Gasteiger partial charge in [0.15, 0.2) is 11.6 Å². The molecule has 38 heavy (non-hydrogen) atoms. The van der Waals surface area contributed by atoms with E-state index in [9.17, 15) is 26.4 Å². The van der Waals surface area contributed by atoms with Crippen LogP contribution in [0.3, 0.4) is 0 Å². The molecular weight excluding hydrogens is 515 g/mol. The van der Waals surface area contributed by atoms with E-state index in [-0.39, 0.29) is 23.5 Å². The molecule has 1 aromatic heterocycles. The Kier molecular flexibility index (Phi) is 8.35. The number of halogens is 3. The lowest BCUT2D eigenvalue weighted by atomic mass is 10.2. The Morgan fingerprint density at radius 3 is 2.11 bits per heavy atom. The number of carbonyl (C=O) groups excluding carboxylic acids is 1. The first-order valence-corrected chi connectivity index (χ1v) is 12.8. The highest BCUT2D eigenvalue weighted by molar-refractivity contribution is 7.89. The van der Waals surface area contributed by atoms with E-state index in [1.165, 1.54) is 60.7 Å². The van der Waals surface area contributed by atoms with Crippen LogP contribution >= 0.6 is 0 Å². The van der Waals surface area contributed by atoms with Gasteiger partial charge in [0.25, 0.3) is 0 Å². The number of hydrogen-bond acceptors (Lipinski definition) is 4. The van der Waals surface area contributed by atoms with Crippen LogP contribution in [-0.2, 0) is 27.9 Å². The van der Waals surface area contributed by atoms with E-state index >= 15 is 0 Å². The molecule has 6 nitrogen and oxygen atoms in total. The summed E-state index contributed by atoms with van der Waals surface area (Å²) in [5.74, 6) is -3.03. The smallest absolute Gasteiger partial charge is 0.248 e. The molecule has 4 rings (SSSR count). The Bertz CT molecular complexity index is 1540. The first kappa shape index (κ1) is 26.8. The molecule has 4 aromatic rings. The van der Waals surface area contributed by atoms with Gasteiger partial charge in [-0.1, -0.05) is 18.2 Å². The van der Waals surface area contributed by atoms with Crippen LogP contribution in [0.15, 0.2) is 102 Å². The minimum absolute atomic E-state index is 0.0764. The normalized spacial score (nSPS) is 11.7. The van der Waals surface area contributed by atoms with Crippen molar-refractivity contribution in [2.24, 2.45) is 0 Å². The fourth-order valence-corrected chi connectivity index (χ4v) is 4.97. The predicted octanol–water partition coefficient (Wildman–Crippen LogP) is 5.54. The second-order valence-electron chi connectivity index (χ2n) is 8.28. The zero-order valence-corrected chi connectivity index (χ0v) is 20.7.